The number of nitrogens with one attached hydrogen (secondary N) is 1. The fourth-order valence-corrected chi connectivity index (χ4v) is 3.98. The maximum atomic E-state index is 12.9. The van der Waals surface area contributed by atoms with Crippen LogP contribution in [0.25, 0.3) is 0 Å². The van der Waals surface area contributed by atoms with Gasteiger partial charge in [0.1, 0.15) is 11.4 Å². The van der Waals surface area contributed by atoms with E-state index in [0.717, 1.165) is 0 Å². The molecule has 1 heterocycles. The molecule has 1 saturated heterocycles. The van der Waals surface area contributed by atoms with Crippen LogP contribution in [0.3, 0.4) is 0 Å². The maximum Gasteiger partial charge on any atom is 0.292 e. The van der Waals surface area contributed by atoms with Gasteiger partial charge in [-0.1, -0.05) is 48.0 Å². The van der Waals surface area contributed by atoms with Gasteiger partial charge in [-0.3, -0.25) is 14.9 Å². The van der Waals surface area contributed by atoms with E-state index in [9.17, 15) is 14.9 Å². The van der Waals surface area contributed by atoms with Crippen LogP contribution in [0.15, 0.2) is 72.8 Å². The number of hydrogen-bond acceptors (Lipinski definition) is 5. The number of rotatable bonds is 6. The first-order valence-electron chi connectivity index (χ1n) is 10.3. The first-order valence-corrected chi connectivity index (χ1v) is 10.7. The highest BCUT2D eigenvalue weighted by Crippen LogP contribution is 2.35. The van der Waals surface area contributed by atoms with Gasteiger partial charge in [0.25, 0.3) is 5.69 Å². The molecule has 0 spiro atoms. The SMILES string of the molecule is O=C(Nc1ccccc1Oc1ccccc1Cl)C1CCN(c2ccccc2[N+](=O)[O-])CC1. The summed E-state index contributed by atoms with van der Waals surface area (Å²) in [4.78, 5) is 25.9. The number of amides is 1. The number of halogens is 1. The fraction of sp³-hybridized carbons (Fsp3) is 0.208. The zero-order valence-electron chi connectivity index (χ0n) is 17.2. The first-order chi connectivity index (χ1) is 15.5. The second-order valence-electron chi connectivity index (χ2n) is 7.53. The lowest BCUT2D eigenvalue weighted by Gasteiger charge is -2.32. The number of anilines is 2. The predicted octanol–water partition coefficient (Wildman–Crippen LogP) is 5.90. The Hall–Kier alpha value is -3.58. The summed E-state index contributed by atoms with van der Waals surface area (Å²) in [5.41, 5.74) is 1.24. The smallest absolute Gasteiger partial charge is 0.292 e. The minimum Gasteiger partial charge on any atom is -0.454 e. The number of piperidine rings is 1. The Morgan fingerprint density at radius 3 is 2.31 bits per heavy atom. The lowest BCUT2D eigenvalue weighted by Crippen LogP contribution is -2.38. The van der Waals surface area contributed by atoms with Crippen molar-refractivity contribution in [3.05, 3.63) is 87.9 Å². The Balaban J connectivity index is 1.41. The second-order valence-corrected chi connectivity index (χ2v) is 7.93. The first kappa shape index (κ1) is 21.6. The van der Waals surface area contributed by atoms with Gasteiger partial charge in [-0.25, -0.2) is 0 Å². The van der Waals surface area contributed by atoms with Crippen molar-refractivity contribution in [1.82, 2.24) is 0 Å². The quantitative estimate of drug-likeness (QED) is 0.372. The van der Waals surface area contributed by atoms with Crippen LogP contribution in [0.5, 0.6) is 11.5 Å². The number of benzene rings is 3. The van der Waals surface area contributed by atoms with Crippen LogP contribution in [0, 0.1) is 16.0 Å². The van der Waals surface area contributed by atoms with Crippen molar-refractivity contribution < 1.29 is 14.5 Å². The molecule has 3 aromatic rings. The third-order valence-corrected chi connectivity index (χ3v) is 5.80. The van der Waals surface area contributed by atoms with Crippen LogP contribution in [0.4, 0.5) is 17.1 Å². The highest BCUT2D eigenvalue weighted by atomic mass is 35.5. The molecule has 0 radical (unpaired) electrons. The van der Waals surface area contributed by atoms with Gasteiger partial charge in [0.05, 0.1) is 15.6 Å². The van der Waals surface area contributed by atoms with Crippen LogP contribution in [0.2, 0.25) is 5.02 Å². The van der Waals surface area contributed by atoms with Crippen molar-refractivity contribution in [2.24, 2.45) is 5.92 Å². The van der Waals surface area contributed by atoms with E-state index in [4.69, 9.17) is 16.3 Å². The topological polar surface area (TPSA) is 84.7 Å². The van der Waals surface area contributed by atoms with Crippen LogP contribution in [-0.2, 0) is 4.79 Å². The number of ether oxygens (including phenoxy) is 1. The van der Waals surface area contributed by atoms with E-state index < -0.39 is 0 Å². The normalized spacial score (nSPS) is 14.1. The molecule has 1 aliphatic rings. The molecule has 0 aliphatic carbocycles. The average molecular weight is 452 g/mol. The molecule has 8 heteroatoms. The molecule has 1 aliphatic heterocycles. The highest BCUT2D eigenvalue weighted by Gasteiger charge is 2.28. The fourth-order valence-electron chi connectivity index (χ4n) is 3.81. The summed E-state index contributed by atoms with van der Waals surface area (Å²) in [7, 11) is 0. The summed E-state index contributed by atoms with van der Waals surface area (Å²) in [5, 5.41) is 14.8. The molecule has 1 amide bonds. The number of hydrogen-bond donors (Lipinski definition) is 1. The van der Waals surface area contributed by atoms with E-state index in [1.54, 1.807) is 42.5 Å². The van der Waals surface area contributed by atoms with Crippen molar-refractivity contribution in [2.45, 2.75) is 12.8 Å². The van der Waals surface area contributed by atoms with E-state index in [0.29, 0.717) is 53.8 Å². The molecule has 0 unspecified atom stereocenters. The maximum absolute atomic E-state index is 12.9. The van der Waals surface area contributed by atoms with Crippen molar-refractivity contribution in [2.75, 3.05) is 23.3 Å². The molecular weight excluding hydrogens is 430 g/mol. The molecule has 164 valence electrons. The van der Waals surface area contributed by atoms with Crippen LogP contribution >= 0.6 is 11.6 Å². The van der Waals surface area contributed by atoms with E-state index in [1.165, 1.54) is 6.07 Å². The van der Waals surface area contributed by atoms with Gasteiger partial charge in [0.15, 0.2) is 5.75 Å². The minimum atomic E-state index is -0.371. The van der Waals surface area contributed by atoms with Crippen LogP contribution in [-0.4, -0.2) is 23.9 Å². The summed E-state index contributed by atoms with van der Waals surface area (Å²) in [6.07, 6.45) is 1.21. The van der Waals surface area contributed by atoms with Crippen molar-refractivity contribution in [3.63, 3.8) is 0 Å². The molecule has 1 fully saturated rings. The molecule has 0 atom stereocenters. The van der Waals surface area contributed by atoms with Gasteiger partial charge in [-0.05, 0) is 43.2 Å². The lowest BCUT2D eigenvalue weighted by molar-refractivity contribution is -0.384. The van der Waals surface area contributed by atoms with E-state index in [-0.39, 0.29) is 22.4 Å². The molecule has 3 aromatic carbocycles. The summed E-state index contributed by atoms with van der Waals surface area (Å²) in [5.74, 6) is 0.727. The zero-order chi connectivity index (χ0) is 22.5. The van der Waals surface area contributed by atoms with Gasteiger partial charge in [-0.15, -0.1) is 0 Å². The number of carbonyl (C=O) groups excluding carboxylic acids is 1. The number of para-hydroxylation sites is 5. The number of nitro benzene ring substituents is 1. The predicted molar refractivity (Wildman–Crippen MR) is 125 cm³/mol. The lowest BCUT2D eigenvalue weighted by atomic mass is 9.95. The Morgan fingerprint density at radius 1 is 0.969 bits per heavy atom. The summed E-state index contributed by atoms with van der Waals surface area (Å²) < 4.78 is 5.92. The summed E-state index contributed by atoms with van der Waals surface area (Å²) >= 11 is 6.19. The third kappa shape index (κ3) is 4.84. The van der Waals surface area contributed by atoms with Crippen molar-refractivity contribution in [1.29, 1.82) is 0 Å². The van der Waals surface area contributed by atoms with E-state index in [1.807, 2.05) is 29.2 Å². The zero-order valence-corrected chi connectivity index (χ0v) is 18.0. The molecule has 32 heavy (non-hydrogen) atoms. The molecule has 0 aromatic heterocycles. The van der Waals surface area contributed by atoms with Crippen LogP contribution < -0.4 is 15.0 Å². The summed E-state index contributed by atoms with van der Waals surface area (Å²) in [6, 6.07) is 21.1. The monoisotopic (exact) mass is 451 g/mol. The Labute approximate surface area is 190 Å². The Kier molecular flexibility index (Phi) is 6.56. The molecular formula is C24H22ClN3O4. The van der Waals surface area contributed by atoms with Gasteiger partial charge < -0.3 is 15.0 Å². The number of carbonyl (C=O) groups is 1. The molecule has 1 N–H and O–H groups in total. The molecule has 4 rings (SSSR count). The second kappa shape index (κ2) is 9.70. The number of nitrogens with zero attached hydrogens (tertiary/aromatic N) is 2. The molecule has 7 nitrogen and oxygen atoms in total. The van der Waals surface area contributed by atoms with Gasteiger partial charge in [0, 0.05) is 25.1 Å². The van der Waals surface area contributed by atoms with Crippen molar-refractivity contribution in [3.8, 4) is 11.5 Å². The van der Waals surface area contributed by atoms with E-state index in [2.05, 4.69) is 5.32 Å². The summed E-state index contributed by atoms with van der Waals surface area (Å²) in [6.45, 7) is 1.14. The average Bonchev–Trinajstić information content (AvgIpc) is 2.82. The standard InChI is InChI=1S/C24H22ClN3O4/c25-18-7-1-5-11-22(18)32-23-12-6-2-8-19(23)26-24(29)17-13-15-27(16-14-17)20-9-3-4-10-21(20)28(30)31/h1-12,17H,13-16H2,(H,26,29). The van der Waals surface area contributed by atoms with Gasteiger partial charge in [-0.2, -0.15) is 0 Å². The van der Waals surface area contributed by atoms with Crippen molar-refractivity contribution >= 4 is 34.6 Å². The largest absolute Gasteiger partial charge is 0.454 e. The van der Waals surface area contributed by atoms with Gasteiger partial charge >= 0.3 is 0 Å². The third-order valence-electron chi connectivity index (χ3n) is 5.49. The molecule has 0 bridgehead atoms. The van der Waals surface area contributed by atoms with E-state index >= 15 is 0 Å². The van der Waals surface area contributed by atoms with Crippen LogP contribution in [0.1, 0.15) is 12.8 Å². The molecule has 0 saturated carbocycles. The Morgan fingerprint density at radius 2 is 1.59 bits per heavy atom. The minimum absolute atomic E-state index is 0.0843. The van der Waals surface area contributed by atoms with Gasteiger partial charge in [0.2, 0.25) is 5.91 Å². The highest BCUT2D eigenvalue weighted by molar-refractivity contribution is 6.32. The Bertz CT molecular complexity index is 1130. The number of nitro groups is 1.